The zero-order valence-corrected chi connectivity index (χ0v) is 13.8. The Labute approximate surface area is 134 Å². The highest BCUT2D eigenvalue weighted by Gasteiger charge is 2.32. The van der Waals surface area contributed by atoms with Crippen molar-refractivity contribution in [1.29, 1.82) is 0 Å². The fraction of sp³-hybridized carbons (Fsp3) is 0.400. The summed E-state index contributed by atoms with van der Waals surface area (Å²) in [5.41, 5.74) is 1.56. The number of rotatable bonds is 3. The van der Waals surface area contributed by atoms with E-state index in [1.807, 2.05) is 0 Å². The van der Waals surface area contributed by atoms with Crippen molar-refractivity contribution < 1.29 is 17.5 Å². The average Bonchev–Trinajstić information content (AvgIpc) is 2.84. The number of aryl methyl sites for hydroxylation is 1. The van der Waals surface area contributed by atoms with Crippen molar-refractivity contribution in [3.05, 3.63) is 41.5 Å². The van der Waals surface area contributed by atoms with E-state index in [1.54, 1.807) is 26.0 Å². The van der Waals surface area contributed by atoms with Crippen LogP contribution in [0, 0.1) is 19.7 Å². The Morgan fingerprint density at radius 3 is 2.35 bits per heavy atom. The molecule has 1 aromatic heterocycles. The van der Waals surface area contributed by atoms with Gasteiger partial charge in [0, 0.05) is 13.1 Å². The van der Waals surface area contributed by atoms with Gasteiger partial charge in [0.05, 0.1) is 30.3 Å². The lowest BCUT2D eigenvalue weighted by Crippen LogP contribution is -2.41. The van der Waals surface area contributed by atoms with Gasteiger partial charge in [-0.1, -0.05) is 0 Å². The number of hydrogen-bond acceptors (Lipinski definition) is 4. The molecule has 0 saturated carbocycles. The molecule has 0 atom stereocenters. The standard InChI is InChI=1S/C15H18FN3O3S/c1-11-15(23(20,21)18-7-9-22-10-8-18)12(2)19(17-11)14-5-3-13(16)4-6-14/h3-6H,7-10H2,1-2H3. The lowest BCUT2D eigenvalue weighted by atomic mass is 10.3. The van der Waals surface area contributed by atoms with Crippen LogP contribution in [-0.2, 0) is 14.8 Å². The number of sulfonamides is 1. The lowest BCUT2D eigenvalue weighted by Gasteiger charge is -2.26. The number of morpholine rings is 1. The maximum absolute atomic E-state index is 13.1. The van der Waals surface area contributed by atoms with Crippen molar-refractivity contribution in [2.75, 3.05) is 26.3 Å². The van der Waals surface area contributed by atoms with Gasteiger partial charge in [0.1, 0.15) is 10.7 Å². The first-order valence-electron chi connectivity index (χ1n) is 7.31. The van der Waals surface area contributed by atoms with Crippen LogP contribution in [0.2, 0.25) is 0 Å². The predicted octanol–water partition coefficient (Wildman–Crippen LogP) is 1.65. The molecule has 1 aliphatic heterocycles. The number of nitrogens with zero attached hydrogens (tertiary/aromatic N) is 3. The Balaban J connectivity index is 2.05. The quantitative estimate of drug-likeness (QED) is 0.853. The summed E-state index contributed by atoms with van der Waals surface area (Å²) < 4.78 is 47.0. The van der Waals surface area contributed by atoms with E-state index in [0.29, 0.717) is 43.4 Å². The molecule has 0 amide bonds. The summed E-state index contributed by atoms with van der Waals surface area (Å²) in [6.07, 6.45) is 0. The monoisotopic (exact) mass is 339 g/mol. The Morgan fingerprint density at radius 1 is 1.13 bits per heavy atom. The molecule has 23 heavy (non-hydrogen) atoms. The third-order valence-electron chi connectivity index (χ3n) is 3.86. The van der Waals surface area contributed by atoms with Crippen molar-refractivity contribution in [2.24, 2.45) is 0 Å². The van der Waals surface area contributed by atoms with E-state index in [0.717, 1.165) is 0 Å². The van der Waals surface area contributed by atoms with Crippen LogP contribution in [-0.4, -0.2) is 48.8 Å². The van der Waals surface area contributed by atoms with Crippen LogP contribution in [0.25, 0.3) is 5.69 Å². The molecule has 0 aliphatic carbocycles. The van der Waals surface area contributed by atoms with Gasteiger partial charge in [-0.05, 0) is 38.1 Å². The summed E-state index contributed by atoms with van der Waals surface area (Å²) in [4.78, 5) is 0.212. The highest BCUT2D eigenvalue weighted by atomic mass is 32.2. The van der Waals surface area contributed by atoms with Gasteiger partial charge in [0.2, 0.25) is 10.0 Å². The molecule has 6 nitrogen and oxygen atoms in total. The first kappa shape index (κ1) is 16.1. The third kappa shape index (κ3) is 2.89. The molecular formula is C15H18FN3O3S. The second-order valence-electron chi connectivity index (χ2n) is 5.40. The predicted molar refractivity (Wildman–Crippen MR) is 82.6 cm³/mol. The maximum atomic E-state index is 13.1. The third-order valence-corrected chi connectivity index (χ3v) is 6.02. The van der Waals surface area contributed by atoms with Crippen LogP contribution in [0.15, 0.2) is 29.2 Å². The van der Waals surface area contributed by atoms with Crippen molar-refractivity contribution in [3.63, 3.8) is 0 Å². The molecule has 0 radical (unpaired) electrons. The van der Waals surface area contributed by atoms with Gasteiger partial charge in [0.15, 0.2) is 0 Å². The molecule has 124 valence electrons. The first-order chi connectivity index (χ1) is 10.9. The summed E-state index contributed by atoms with van der Waals surface area (Å²) in [6, 6.07) is 5.78. The zero-order chi connectivity index (χ0) is 16.6. The van der Waals surface area contributed by atoms with Gasteiger partial charge in [-0.25, -0.2) is 17.5 Å². The Hall–Kier alpha value is -1.77. The summed E-state index contributed by atoms with van der Waals surface area (Å²) in [6.45, 7) is 4.83. The van der Waals surface area contributed by atoms with Crippen LogP contribution in [0.5, 0.6) is 0 Å². The van der Waals surface area contributed by atoms with Crippen molar-refractivity contribution in [2.45, 2.75) is 18.7 Å². The number of hydrogen-bond donors (Lipinski definition) is 0. The van der Waals surface area contributed by atoms with Crippen molar-refractivity contribution >= 4 is 10.0 Å². The minimum Gasteiger partial charge on any atom is -0.379 e. The Morgan fingerprint density at radius 2 is 1.74 bits per heavy atom. The maximum Gasteiger partial charge on any atom is 0.246 e. The van der Waals surface area contributed by atoms with Gasteiger partial charge in [0.25, 0.3) is 0 Å². The topological polar surface area (TPSA) is 64.4 Å². The fourth-order valence-corrected chi connectivity index (χ4v) is 4.51. The van der Waals surface area contributed by atoms with Crippen molar-refractivity contribution in [1.82, 2.24) is 14.1 Å². The van der Waals surface area contributed by atoms with E-state index in [1.165, 1.54) is 21.1 Å². The Kier molecular flexibility index (Phi) is 4.22. The molecule has 0 spiro atoms. The molecule has 2 aromatic rings. The molecular weight excluding hydrogens is 321 g/mol. The normalized spacial score (nSPS) is 16.7. The molecule has 1 saturated heterocycles. The first-order valence-corrected chi connectivity index (χ1v) is 8.75. The summed E-state index contributed by atoms with van der Waals surface area (Å²) in [7, 11) is -3.62. The van der Waals surface area contributed by atoms with E-state index >= 15 is 0 Å². The zero-order valence-electron chi connectivity index (χ0n) is 13.0. The van der Waals surface area contributed by atoms with E-state index in [9.17, 15) is 12.8 Å². The number of benzene rings is 1. The van der Waals surface area contributed by atoms with Gasteiger partial charge in [-0.2, -0.15) is 9.40 Å². The molecule has 8 heteroatoms. The summed E-state index contributed by atoms with van der Waals surface area (Å²) in [5, 5.41) is 4.33. The van der Waals surface area contributed by atoms with Crippen LogP contribution >= 0.6 is 0 Å². The van der Waals surface area contributed by atoms with Gasteiger partial charge in [-0.15, -0.1) is 0 Å². The lowest BCUT2D eigenvalue weighted by molar-refractivity contribution is 0.0730. The van der Waals surface area contributed by atoms with Crippen molar-refractivity contribution in [3.8, 4) is 5.69 Å². The van der Waals surface area contributed by atoms with Crippen LogP contribution in [0.3, 0.4) is 0 Å². The van der Waals surface area contributed by atoms with E-state index in [2.05, 4.69) is 5.10 Å². The number of ether oxygens (including phenoxy) is 1. The summed E-state index contributed by atoms with van der Waals surface area (Å²) >= 11 is 0. The second kappa shape index (κ2) is 6.03. The minimum absolute atomic E-state index is 0.212. The van der Waals surface area contributed by atoms with E-state index in [-0.39, 0.29) is 10.7 Å². The molecule has 1 aliphatic rings. The smallest absolute Gasteiger partial charge is 0.246 e. The van der Waals surface area contributed by atoms with Crippen LogP contribution in [0.4, 0.5) is 4.39 Å². The molecule has 0 N–H and O–H groups in total. The molecule has 3 rings (SSSR count). The highest BCUT2D eigenvalue weighted by Crippen LogP contribution is 2.26. The van der Waals surface area contributed by atoms with Gasteiger partial charge in [-0.3, -0.25) is 0 Å². The molecule has 2 heterocycles. The number of halogens is 1. The number of aromatic nitrogens is 2. The van der Waals surface area contributed by atoms with E-state index < -0.39 is 10.0 Å². The average molecular weight is 339 g/mol. The highest BCUT2D eigenvalue weighted by molar-refractivity contribution is 7.89. The second-order valence-corrected chi connectivity index (χ2v) is 7.28. The SMILES string of the molecule is Cc1nn(-c2ccc(F)cc2)c(C)c1S(=O)(=O)N1CCOCC1. The van der Waals surface area contributed by atoms with Crippen LogP contribution in [0.1, 0.15) is 11.4 Å². The molecule has 0 bridgehead atoms. The minimum atomic E-state index is -3.62. The summed E-state index contributed by atoms with van der Waals surface area (Å²) in [5.74, 6) is -0.351. The van der Waals surface area contributed by atoms with E-state index in [4.69, 9.17) is 4.74 Å². The van der Waals surface area contributed by atoms with Gasteiger partial charge >= 0.3 is 0 Å². The van der Waals surface area contributed by atoms with Gasteiger partial charge < -0.3 is 4.74 Å². The molecule has 1 aromatic carbocycles. The molecule has 0 unspecified atom stereocenters. The molecule has 1 fully saturated rings. The van der Waals surface area contributed by atoms with Crippen LogP contribution < -0.4 is 0 Å². The largest absolute Gasteiger partial charge is 0.379 e. The Bertz CT molecular complexity index is 809. The fourth-order valence-electron chi connectivity index (χ4n) is 2.75.